The topological polar surface area (TPSA) is 127 Å². The number of piperidine rings is 1. The highest BCUT2D eigenvalue weighted by atomic mass is 32.2. The lowest BCUT2D eigenvalue weighted by atomic mass is 9.95. The second-order valence-electron chi connectivity index (χ2n) is 10.1. The van der Waals surface area contributed by atoms with E-state index in [9.17, 15) is 27.6 Å². The van der Waals surface area contributed by atoms with Gasteiger partial charge in [0.15, 0.2) is 4.90 Å². The van der Waals surface area contributed by atoms with Crippen molar-refractivity contribution in [3.63, 3.8) is 0 Å². The smallest absolute Gasteiger partial charge is 0.274 e. The number of hydrogen-bond donors (Lipinski definition) is 3. The number of anilines is 2. The lowest BCUT2D eigenvalue weighted by molar-refractivity contribution is 0.102. The van der Waals surface area contributed by atoms with E-state index in [4.69, 9.17) is 5.73 Å². The summed E-state index contributed by atoms with van der Waals surface area (Å²) >= 11 is -1.66. The Balaban J connectivity index is 1.51. The van der Waals surface area contributed by atoms with Crippen LogP contribution in [0, 0.1) is 23.4 Å². The molecule has 1 fully saturated rings. The molecule has 4 atom stereocenters. The third-order valence-corrected chi connectivity index (χ3v) is 7.99. The van der Waals surface area contributed by atoms with Crippen molar-refractivity contribution in [3.8, 4) is 11.3 Å². The molecular weight excluding hydrogens is 531 g/mol. The molecule has 8 nitrogen and oxygen atoms in total. The maximum atomic E-state index is 14.8. The summed E-state index contributed by atoms with van der Waals surface area (Å²) in [6.07, 6.45) is 3.95. The molecule has 12 heteroatoms. The van der Waals surface area contributed by atoms with Crippen LogP contribution < -0.4 is 16.0 Å². The van der Waals surface area contributed by atoms with Crippen LogP contribution in [0.2, 0.25) is 0 Å². The molecule has 39 heavy (non-hydrogen) atoms. The average molecular weight is 560 g/mol. The second-order valence-corrected chi connectivity index (χ2v) is 11.5. The zero-order chi connectivity index (χ0) is 28.0. The molecule has 5 rings (SSSR count). The molecule has 3 heterocycles. The quantitative estimate of drug-likeness (QED) is 0.407. The van der Waals surface area contributed by atoms with Gasteiger partial charge >= 0.3 is 0 Å². The fourth-order valence-corrected chi connectivity index (χ4v) is 5.95. The van der Waals surface area contributed by atoms with Crippen molar-refractivity contribution in [3.05, 3.63) is 64.9 Å². The van der Waals surface area contributed by atoms with E-state index in [1.807, 2.05) is 0 Å². The van der Waals surface area contributed by atoms with Crippen molar-refractivity contribution < 1.29 is 27.6 Å². The largest absolute Gasteiger partial charge is 0.612 e. The molecule has 3 aromatic rings. The minimum absolute atomic E-state index is 0.0740. The Morgan fingerprint density at radius 1 is 1.21 bits per heavy atom. The Labute approximate surface area is 226 Å². The molecular formula is C27H28F3N5O3S. The minimum atomic E-state index is -1.66. The minimum Gasteiger partial charge on any atom is -0.612 e. The maximum absolute atomic E-state index is 14.8. The summed E-state index contributed by atoms with van der Waals surface area (Å²) < 4.78 is 55.9. The highest BCUT2D eigenvalue weighted by molar-refractivity contribution is 7.90. The standard InChI is InChI=1S/C27H28F3N5O3S/c1-13-7-14(31)12-35(11-13)26-16-3-6-22(36)24(16)32-10-21(26)34-27(37)20-5-4-17(28)25(33-20)23-18(29)8-15(39(2)38)9-19(23)30/h4-5,8-10,13-14,22,36H,3,6-7,11-12,31H2,1-2H3,(H,34,37)/t13-,14+,22+,39?/m1/s1. The number of pyridine rings is 2. The van der Waals surface area contributed by atoms with Gasteiger partial charge in [0, 0.05) is 36.8 Å². The zero-order valence-corrected chi connectivity index (χ0v) is 22.2. The number of amides is 1. The molecule has 1 aliphatic carbocycles. The maximum Gasteiger partial charge on any atom is 0.274 e. The van der Waals surface area contributed by atoms with Crippen molar-refractivity contribution >= 4 is 28.5 Å². The zero-order valence-electron chi connectivity index (χ0n) is 21.4. The molecule has 1 saturated heterocycles. The Bertz CT molecular complexity index is 1410. The third-order valence-electron chi connectivity index (χ3n) is 7.09. The van der Waals surface area contributed by atoms with Crippen LogP contribution in [0.3, 0.4) is 0 Å². The summed E-state index contributed by atoms with van der Waals surface area (Å²) in [7, 11) is 0. The summed E-state index contributed by atoms with van der Waals surface area (Å²) in [5, 5.41) is 13.2. The first-order valence-corrected chi connectivity index (χ1v) is 14.1. The average Bonchev–Trinajstić information content (AvgIpc) is 3.24. The predicted octanol–water partition coefficient (Wildman–Crippen LogP) is 3.70. The van der Waals surface area contributed by atoms with Gasteiger partial charge in [-0.25, -0.2) is 18.2 Å². The molecule has 1 aromatic carbocycles. The number of nitrogens with two attached hydrogens (primary N) is 1. The van der Waals surface area contributed by atoms with Crippen molar-refractivity contribution in [2.45, 2.75) is 43.2 Å². The van der Waals surface area contributed by atoms with Gasteiger partial charge in [-0.3, -0.25) is 9.78 Å². The van der Waals surface area contributed by atoms with E-state index in [2.05, 4.69) is 27.1 Å². The van der Waals surface area contributed by atoms with Gasteiger partial charge in [0.1, 0.15) is 35.1 Å². The van der Waals surface area contributed by atoms with Crippen molar-refractivity contribution in [1.29, 1.82) is 0 Å². The summed E-state index contributed by atoms with van der Waals surface area (Å²) in [5.74, 6) is -3.76. The van der Waals surface area contributed by atoms with Gasteiger partial charge in [-0.2, -0.15) is 0 Å². The summed E-state index contributed by atoms with van der Waals surface area (Å²) in [4.78, 5) is 23.6. The molecule has 0 bridgehead atoms. The Kier molecular flexibility index (Phi) is 7.55. The molecule has 1 amide bonds. The number of benzene rings is 1. The van der Waals surface area contributed by atoms with E-state index < -0.39 is 51.9 Å². The number of halogens is 3. The normalized spacial score (nSPS) is 21.5. The van der Waals surface area contributed by atoms with Crippen LogP contribution in [0.5, 0.6) is 0 Å². The number of fused-ring (bicyclic) bond motifs is 1. The van der Waals surface area contributed by atoms with Crippen LogP contribution in [-0.4, -0.2) is 50.9 Å². The fraction of sp³-hybridized carbons (Fsp3) is 0.370. The Morgan fingerprint density at radius 2 is 1.92 bits per heavy atom. The lowest BCUT2D eigenvalue weighted by Gasteiger charge is -2.38. The molecule has 206 valence electrons. The Morgan fingerprint density at radius 3 is 2.59 bits per heavy atom. The number of nitrogens with zero attached hydrogens (tertiary/aromatic N) is 3. The second kappa shape index (κ2) is 10.8. The van der Waals surface area contributed by atoms with Crippen molar-refractivity contribution in [2.24, 2.45) is 11.7 Å². The summed E-state index contributed by atoms with van der Waals surface area (Å²) in [5.41, 5.74) is 7.03. The number of aliphatic hydroxyl groups is 1. The molecule has 2 aliphatic rings. The van der Waals surface area contributed by atoms with Crippen molar-refractivity contribution in [2.75, 3.05) is 29.6 Å². The van der Waals surface area contributed by atoms with Gasteiger partial charge in [-0.1, -0.05) is 6.92 Å². The number of carbonyl (C=O) groups excluding carboxylic acids is 1. The Hall–Kier alpha value is -3.19. The number of rotatable bonds is 5. The fourth-order valence-electron chi connectivity index (χ4n) is 5.42. The van der Waals surface area contributed by atoms with Crippen LogP contribution in [-0.2, 0) is 17.6 Å². The van der Waals surface area contributed by atoms with Crippen molar-refractivity contribution in [1.82, 2.24) is 9.97 Å². The number of hydrogen-bond acceptors (Lipinski definition) is 7. The van der Waals surface area contributed by atoms with Crippen LogP contribution in [0.15, 0.2) is 35.4 Å². The number of aromatic nitrogens is 2. The first-order chi connectivity index (χ1) is 18.5. The third kappa shape index (κ3) is 5.33. The number of aliphatic hydroxyl groups excluding tert-OH is 1. The first-order valence-electron chi connectivity index (χ1n) is 12.5. The van der Waals surface area contributed by atoms with E-state index >= 15 is 0 Å². The molecule has 1 aliphatic heterocycles. The van der Waals surface area contributed by atoms with Gasteiger partial charge in [-0.05, 0) is 48.5 Å². The first kappa shape index (κ1) is 27.4. The SMILES string of the molecule is C[C@@H]1C[C@H](N)CN(c2c(NC(=O)c3ccc(F)c(-c4c(F)cc([S+](C)[O-])cc4F)n3)cnc3c2CC[C@@H]3O)C1. The van der Waals surface area contributed by atoms with E-state index in [-0.39, 0.29) is 16.6 Å². The highest BCUT2D eigenvalue weighted by Crippen LogP contribution is 2.41. The summed E-state index contributed by atoms with van der Waals surface area (Å²) in [6, 6.07) is 3.65. The molecule has 4 N–H and O–H groups in total. The molecule has 1 unspecified atom stereocenters. The van der Waals surface area contributed by atoms with Gasteiger partial charge < -0.3 is 25.6 Å². The molecule has 2 aromatic heterocycles. The monoisotopic (exact) mass is 559 g/mol. The number of nitrogens with one attached hydrogen (secondary N) is 1. The van der Waals surface area contributed by atoms with Gasteiger partial charge in [0.25, 0.3) is 5.91 Å². The molecule has 0 radical (unpaired) electrons. The summed E-state index contributed by atoms with van der Waals surface area (Å²) in [6.45, 7) is 3.34. The van der Waals surface area contributed by atoms with E-state index in [0.717, 1.165) is 41.9 Å². The van der Waals surface area contributed by atoms with E-state index in [1.165, 1.54) is 12.5 Å². The highest BCUT2D eigenvalue weighted by Gasteiger charge is 2.32. The van der Waals surface area contributed by atoms with Crippen LogP contribution in [0.25, 0.3) is 11.3 Å². The van der Waals surface area contributed by atoms with Gasteiger partial charge in [0.05, 0.1) is 34.9 Å². The number of carbonyl (C=O) groups is 1. The van der Waals surface area contributed by atoms with Crippen LogP contribution in [0.4, 0.5) is 24.5 Å². The van der Waals surface area contributed by atoms with Gasteiger partial charge in [-0.15, -0.1) is 0 Å². The molecule has 0 saturated carbocycles. The molecule has 0 spiro atoms. The van der Waals surface area contributed by atoms with E-state index in [1.54, 1.807) is 0 Å². The van der Waals surface area contributed by atoms with Crippen LogP contribution >= 0.6 is 0 Å². The van der Waals surface area contributed by atoms with Crippen LogP contribution in [0.1, 0.15) is 47.6 Å². The van der Waals surface area contributed by atoms with E-state index in [0.29, 0.717) is 43.2 Å². The van der Waals surface area contributed by atoms with Gasteiger partial charge in [0.2, 0.25) is 0 Å². The lowest BCUT2D eigenvalue weighted by Crippen LogP contribution is -2.47. The predicted molar refractivity (Wildman–Crippen MR) is 141 cm³/mol.